The van der Waals surface area contributed by atoms with Gasteiger partial charge in [0, 0.05) is 51.2 Å². The number of amides is 7. The van der Waals surface area contributed by atoms with Crippen LogP contribution in [0.3, 0.4) is 0 Å². The maximum atomic E-state index is 14.3. The van der Waals surface area contributed by atoms with Crippen molar-refractivity contribution in [1.82, 2.24) is 20.4 Å². The van der Waals surface area contributed by atoms with Crippen LogP contribution in [0.4, 0.5) is 31.4 Å². The van der Waals surface area contributed by atoms with E-state index in [1.807, 2.05) is 0 Å². The summed E-state index contributed by atoms with van der Waals surface area (Å²) >= 11 is 0. The molecule has 3 aromatic rings. The summed E-state index contributed by atoms with van der Waals surface area (Å²) in [7, 11) is 2.79. The van der Waals surface area contributed by atoms with Crippen LogP contribution in [-0.4, -0.2) is 154 Å². The minimum Gasteiger partial charge on any atom is -0.493 e. The third-order valence-electron chi connectivity index (χ3n) is 12.9. The van der Waals surface area contributed by atoms with Crippen LogP contribution in [0.2, 0.25) is 0 Å². The number of nitrogens with one attached hydrogen (secondary N) is 5. The maximum Gasteiger partial charge on any atom is 0.412 e. The Labute approximate surface area is 482 Å². The minimum atomic E-state index is -0.996. The second-order valence-electron chi connectivity index (χ2n) is 20.8. The fraction of sp³-hybridized carbons (Fsp3) is 0.500. The number of benzene rings is 3. The van der Waals surface area contributed by atoms with E-state index in [0.717, 1.165) is 0 Å². The molecule has 0 spiro atoms. The van der Waals surface area contributed by atoms with E-state index < -0.39 is 77.6 Å². The molecule has 3 aromatic carbocycles. The second kappa shape index (κ2) is 30.9. The molecule has 452 valence electrons. The molecule has 2 fully saturated rings. The van der Waals surface area contributed by atoms with Crippen molar-refractivity contribution < 1.29 is 85.8 Å². The summed E-state index contributed by atoms with van der Waals surface area (Å²) in [6.07, 6.45) is 1.58. The van der Waals surface area contributed by atoms with Crippen LogP contribution in [-0.2, 0) is 49.5 Å². The fourth-order valence-electron chi connectivity index (χ4n) is 8.79. The van der Waals surface area contributed by atoms with Crippen molar-refractivity contribution in [1.29, 1.82) is 0 Å². The van der Waals surface area contributed by atoms with Crippen LogP contribution >= 0.6 is 0 Å². The Balaban J connectivity index is 1.28. The zero-order chi connectivity index (χ0) is 61.0. The molecule has 4 atom stereocenters. The summed E-state index contributed by atoms with van der Waals surface area (Å²) in [4.78, 5) is 120. The van der Waals surface area contributed by atoms with E-state index >= 15 is 0 Å². The van der Waals surface area contributed by atoms with Crippen LogP contribution in [0.1, 0.15) is 114 Å². The molecule has 83 heavy (non-hydrogen) atoms. The minimum absolute atomic E-state index is 0.0134. The predicted molar refractivity (Wildman–Crippen MR) is 303 cm³/mol. The summed E-state index contributed by atoms with van der Waals surface area (Å²) in [5, 5.41) is 13.2. The monoisotopic (exact) mass is 1160 g/mol. The van der Waals surface area contributed by atoms with Crippen molar-refractivity contribution in [2.45, 2.75) is 124 Å². The highest BCUT2D eigenvalue weighted by molar-refractivity contribution is 6.05. The lowest BCUT2D eigenvalue weighted by Crippen LogP contribution is -2.53. The van der Waals surface area contributed by atoms with Crippen LogP contribution in [0.25, 0.3) is 0 Å². The van der Waals surface area contributed by atoms with Gasteiger partial charge in [-0.3, -0.25) is 39.4 Å². The number of rotatable bonds is 26. The van der Waals surface area contributed by atoms with E-state index in [1.54, 1.807) is 68.7 Å². The maximum absolute atomic E-state index is 14.3. The summed E-state index contributed by atoms with van der Waals surface area (Å²) in [5.41, 5.74) is 0.279. The van der Waals surface area contributed by atoms with E-state index in [-0.39, 0.29) is 104 Å². The lowest BCUT2D eigenvalue weighted by atomic mass is 10.0. The highest BCUT2D eigenvalue weighted by Crippen LogP contribution is 2.38. The summed E-state index contributed by atoms with van der Waals surface area (Å²) < 4.78 is 50.2. The number of carbonyl (C=O) groups is 9. The largest absolute Gasteiger partial charge is 0.493 e. The molecule has 0 aromatic heterocycles. The number of ether oxygens (including phenoxy) is 9. The summed E-state index contributed by atoms with van der Waals surface area (Å²) in [6, 6.07) is 9.36. The zero-order valence-corrected chi connectivity index (χ0v) is 48.7. The van der Waals surface area contributed by atoms with Crippen molar-refractivity contribution in [3.05, 3.63) is 77.9 Å². The van der Waals surface area contributed by atoms with Crippen molar-refractivity contribution in [2.75, 3.05) is 76.3 Å². The molecular formula is C58H77N7O18. The molecule has 2 aliphatic heterocycles. The van der Waals surface area contributed by atoms with Crippen LogP contribution in [0.5, 0.6) is 23.0 Å². The average molecular weight is 1160 g/mol. The smallest absolute Gasteiger partial charge is 0.412 e. The molecule has 2 saturated heterocycles. The lowest BCUT2D eigenvalue weighted by molar-refractivity contribution is -0.143. The average Bonchev–Trinajstić information content (AvgIpc) is 4.06. The molecule has 0 radical (unpaired) electrons. The topological polar surface area (TPSA) is 303 Å². The first kappa shape index (κ1) is 65.0. The van der Waals surface area contributed by atoms with Gasteiger partial charge in [-0.05, 0) is 89.1 Å². The third-order valence-corrected chi connectivity index (χ3v) is 12.9. The molecular weight excluding hydrogens is 1080 g/mol. The first-order chi connectivity index (χ1) is 39.4. The van der Waals surface area contributed by atoms with Crippen molar-refractivity contribution >= 4 is 70.9 Å². The highest BCUT2D eigenvalue weighted by atomic mass is 16.6. The number of methoxy groups -OCH3 is 2. The number of esters is 2. The quantitative estimate of drug-likeness (QED) is 0.0227. The Kier molecular flexibility index (Phi) is 24.2. The standard InChI is InChI=1S/C58H77N7O18/c1-12-24-79-56(73)63-50(34(2)3)52(69)59-35(4)51(68)60-39-20-18-38(19-21-39)31-82-55(72)61-44-29-48(46(75-10)27-42(44)53(70)64-22-13-16-40(64)32-80-36(5)66)77-25-15-26-78-49-30-45(62-57(74)83-58(7,8)9)43(28-47(49)76-11)54(71)65-23-14-17-41(65)33-81-37(6)67/h12,18-21,27-30,34-35,40-41,50H,1,13-17,22-26,31-33H2,2-11H3,(H,59,69)(H,60,68)(H,61,72)(H,62,74)(H,63,73)/t35?,40-,41-,50?/m0/s1. The van der Waals surface area contributed by atoms with E-state index in [4.69, 9.17) is 42.6 Å². The molecule has 0 bridgehead atoms. The molecule has 2 aliphatic rings. The van der Waals surface area contributed by atoms with Crippen molar-refractivity contribution in [3.63, 3.8) is 0 Å². The van der Waals surface area contributed by atoms with E-state index in [1.165, 1.54) is 65.3 Å². The highest BCUT2D eigenvalue weighted by Gasteiger charge is 2.35. The molecule has 2 heterocycles. The molecule has 0 saturated carbocycles. The van der Waals surface area contributed by atoms with Crippen LogP contribution in [0.15, 0.2) is 61.2 Å². The molecule has 5 rings (SSSR count). The molecule has 25 nitrogen and oxygen atoms in total. The molecule has 25 heteroatoms. The Morgan fingerprint density at radius 1 is 0.639 bits per heavy atom. The first-order valence-electron chi connectivity index (χ1n) is 27.2. The summed E-state index contributed by atoms with van der Waals surface area (Å²) in [5.74, 6) is -2.67. The Morgan fingerprint density at radius 3 is 1.60 bits per heavy atom. The summed E-state index contributed by atoms with van der Waals surface area (Å²) in [6.45, 7) is 16.6. The normalized spacial score (nSPS) is 15.4. The fourth-order valence-corrected chi connectivity index (χ4v) is 8.79. The first-order valence-corrected chi connectivity index (χ1v) is 27.2. The number of likely N-dealkylation sites (tertiary alicyclic amines) is 2. The Hall–Kier alpha value is -8.77. The van der Waals surface area contributed by atoms with Gasteiger partial charge in [-0.15, -0.1) is 0 Å². The number of hydrogen-bond donors (Lipinski definition) is 5. The van der Waals surface area contributed by atoms with Gasteiger partial charge in [0.1, 0.15) is 44.1 Å². The lowest BCUT2D eigenvalue weighted by Gasteiger charge is -2.26. The second-order valence-corrected chi connectivity index (χ2v) is 20.8. The number of carbonyl (C=O) groups excluding carboxylic acids is 9. The van der Waals surface area contributed by atoms with Gasteiger partial charge in [0.05, 0.1) is 62.0 Å². The van der Waals surface area contributed by atoms with E-state index in [0.29, 0.717) is 50.0 Å². The third kappa shape index (κ3) is 19.7. The van der Waals surface area contributed by atoms with Crippen LogP contribution < -0.4 is 45.5 Å². The van der Waals surface area contributed by atoms with Gasteiger partial charge >= 0.3 is 30.2 Å². The van der Waals surface area contributed by atoms with Gasteiger partial charge in [-0.1, -0.05) is 38.6 Å². The van der Waals surface area contributed by atoms with Gasteiger partial charge in [-0.2, -0.15) is 0 Å². The molecule has 5 N–H and O–H groups in total. The van der Waals surface area contributed by atoms with Gasteiger partial charge in [0.2, 0.25) is 11.8 Å². The SMILES string of the molecule is C=CCOC(=O)NC(C(=O)NC(C)C(=O)Nc1ccc(COC(=O)Nc2cc(OCCCOc3cc(NC(=O)OC(C)(C)C)c(C(=O)N4CCC[C@H]4COC(C)=O)cc3OC)c(OC)cc2C(=O)N2CCC[C@H]2COC(C)=O)cc1)C(C)C. The van der Waals surface area contributed by atoms with E-state index in [2.05, 4.69) is 33.2 Å². The van der Waals surface area contributed by atoms with Gasteiger partial charge < -0.3 is 68.4 Å². The number of anilines is 3. The van der Waals surface area contributed by atoms with E-state index in [9.17, 15) is 43.2 Å². The molecule has 2 unspecified atom stereocenters. The Bertz CT molecular complexity index is 2820. The van der Waals surface area contributed by atoms with Gasteiger partial charge in [0.25, 0.3) is 11.8 Å². The molecule has 7 amide bonds. The van der Waals surface area contributed by atoms with Crippen molar-refractivity contribution in [3.8, 4) is 23.0 Å². The number of alkyl carbamates (subject to hydrolysis) is 1. The molecule has 0 aliphatic carbocycles. The van der Waals surface area contributed by atoms with Gasteiger partial charge in [-0.25, -0.2) is 14.4 Å². The number of hydrogen-bond acceptors (Lipinski definition) is 18. The van der Waals surface area contributed by atoms with Gasteiger partial charge in [0.15, 0.2) is 23.0 Å². The Morgan fingerprint density at radius 2 is 1.14 bits per heavy atom. The van der Waals surface area contributed by atoms with Crippen LogP contribution in [0, 0.1) is 5.92 Å². The number of nitrogens with zero attached hydrogens (tertiary/aromatic N) is 2. The van der Waals surface area contributed by atoms with Crippen molar-refractivity contribution in [2.24, 2.45) is 5.92 Å². The zero-order valence-electron chi connectivity index (χ0n) is 48.7. The predicted octanol–water partition coefficient (Wildman–Crippen LogP) is 7.36.